The van der Waals surface area contributed by atoms with E-state index in [1.807, 2.05) is 13.8 Å². The average Bonchev–Trinajstić information content (AvgIpc) is 2.23. The van der Waals surface area contributed by atoms with E-state index < -0.39 is 17.6 Å². The molecule has 6 heteroatoms. The second kappa shape index (κ2) is 6.20. The van der Waals surface area contributed by atoms with Gasteiger partial charge in [0.25, 0.3) is 11.5 Å². The summed E-state index contributed by atoms with van der Waals surface area (Å²) in [6.07, 6.45) is -0.0366. The van der Waals surface area contributed by atoms with Crippen LogP contribution in [0.25, 0.3) is 0 Å². The predicted molar refractivity (Wildman–Crippen MR) is 66.5 cm³/mol. The van der Waals surface area contributed by atoms with Crippen molar-refractivity contribution >= 4 is 5.91 Å². The summed E-state index contributed by atoms with van der Waals surface area (Å²) in [7, 11) is 0. The number of aliphatic hydroxyl groups is 1. The molecule has 1 heterocycles. The first-order valence-corrected chi connectivity index (χ1v) is 5.78. The van der Waals surface area contributed by atoms with Crippen LogP contribution in [0.3, 0.4) is 0 Å². The maximum absolute atomic E-state index is 11.7. The van der Waals surface area contributed by atoms with Crippen LogP contribution in [0.15, 0.2) is 16.9 Å². The van der Waals surface area contributed by atoms with Gasteiger partial charge in [0.1, 0.15) is 0 Å². The Morgan fingerprint density at radius 1 is 1.44 bits per heavy atom. The molecule has 1 aromatic rings. The lowest BCUT2D eigenvalue weighted by molar-refractivity contribution is 0.0899. The number of H-pyrrole nitrogens is 1. The summed E-state index contributed by atoms with van der Waals surface area (Å²) < 4.78 is 0. The maximum atomic E-state index is 11.7. The summed E-state index contributed by atoms with van der Waals surface area (Å²) >= 11 is 0. The first kappa shape index (κ1) is 14.2. The van der Waals surface area contributed by atoms with Crippen molar-refractivity contribution in [3.63, 3.8) is 0 Å². The molecule has 0 saturated carbocycles. The van der Waals surface area contributed by atoms with Crippen LogP contribution < -0.4 is 10.9 Å². The van der Waals surface area contributed by atoms with Crippen molar-refractivity contribution in [2.45, 2.75) is 26.4 Å². The summed E-state index contributed by atoms with van der Waals surface area (Å²) in [4.78, 5) is 24.8. The summed E-state index contributed by atoms with van der Waals surface area (Å²) in [6.45, 7) is 4.06. The summed E-state index contributed by atoms with van der Waals surface area (Å²) in [5.74, 6) is -0.532. The van der Waals surface area contributed by atoms with Gasteiger partial charge >= 0.3 is 0 Å². The van der Waals surface area contributed by atoms with Gasteiger partial charge in [0, 0.05) is 18.7 Å². The van der Waals surface area contributed by atoms with Crippen LogP contribution in [0.1, 0.15) is 30.6 Å². The Morgan fingerprint density at radius 3 is 2.67 bits per heavy atom. The third-order valence-corrected chi connectivity index (χ3v) is 2.33. The van der Waals surface area contributed by atoms with Gasteiger partial charge in [-0.25, -0.2) is 0 Å². The first-order chi connectivity index (χ1) is 8.38. The molecule has 1 amide bonds. The number of hydrogen-bond acceptors (Lipinski definition) is 4. The third-order valence-electron chi connectivity index (χ3n) is 2.33. The van der Waals surface area contributed by atoms with Gasteiger partial charge in [0.15, 0.2) is 5.88 Å². The van der Waals surface area contributed by atoms with Crippen LogP contribution in [0.5, 0.6) is 5.88 Å². The lowest BCUT2D eigenvalue weighted by atomic mass is 10.1. The highest BCUT2D eigenvalue weighted by molar-refractivity contribution is 5.94. The predicted octanol–water partition coefficient (Wildman–Crippen LogP) is 0.217. The van der Waals surface area contributed by atoms with Crippen LogP contribution in [-0.4, -0.2) is 33.8 Å². The van der Waals surface area contributed by atoms with Gasteiger partial charge < -0.3 is 15.5 Å². The normalized spacial score (nSPS) is 12.4. The summed E-state index contributed by atoms with van der Waals surface area (Å²) in [6, 6.07) is 2.25. The van der Waals surface area contributed by atoms with E-state index in [1.165, 1.54) is 0 Å². The van der Waals surface area contributed by atoms with E-state index in [0.29, 0.717) is 12.3 Å². The van der Waals surface area contributed by atoms with Crippen molar-refractivity contribution in [3.8, 4) is 5.88 Å². The Kier molecular flexibility index (Phi) is 4.91. The zero-order chi connectivity index (χ0) is 13.7. The second-order valence-corrected chi connectivity index (χ2v) is 4.61. The van der Waals surface area contributed by atoms with Crippen molar-refractivity contribution in [1.82, 2.24) is 10.3 Å². The highest BCUT2D eigenvalue weighted by Gasteiger charge is 2.11. The number of aliphatic hydroxyl groups excluding tert-OH is 1. The summed E-state index contributed by atoms with van der Waals surface area (Å²) in [5, 5.41) is 21.3. The fourth-order valence-corrected chi connectivity index (χ4v) is 1.60. The number of pyridine rings is 1. The molecule has 0 spiro atoms. The number of amides is 1. The van der Waals surface area contributed by atoms with Crippen LogP contribution in [0.4, 0.5) is 0 Å². The Morgan fingerprint density at radius 2 is 2.11 bits per heavy atom. The number of nitrogens with one attached hydrogen (secondary N) is 2. The van der Waals surface area contributed by atoms with Gasteiger partial charge in [-0.15, -0.1) is 0 Å². The first-order valence-electron chi connectivity index (χ1n) is 5.78. The lowest BCUT2D eigenvalue weighted by Crippen LogP contribution is -2.33. The van der Waals surface area contributed by atoms with E-state index in [9.17, 15) is 14.7 Å². The zero-order valence-electron chi connectivity index (χ0n) is 10.4. The lowest BCUT2D eigenvalue weighted by Gasteiger charge is -2.13. The van der Waals surface area contributed by atoms with Crippen molar-refractivity contribution < 1.29 is 15.0 Å². The molecule has 0 aliphatic carbocycles. The molecule has 0 radical (unpaired) electrons. The number of hydrogen-bond donors (Lipinski definition) is 4. The fraction of sp³-hybridized carbons (Fsp3) is 0.500. The monoisotopic (exact) mass is 254 g/mol. The van der Waals surface area contributed by atoms with Gasteiger partial charge in [-0.05, 0) is 12.3 Å². The Bertz CT molecular complexity index is 467. The van der Waals surface area contributed by atoms with Gasteiger partial charge in [-0.3, -0.25) is 14.6 Å². The van der Waals surface area contributed by atoms with E-state index in [0.717, 1.165) is 12.1 Å². The van der Waals surface area contributed by atoms with E-state index in [2.05, 4.69) is 10.3 Å². The molecule has 0 saturated heterocycles. The quantitative estimate of drug-likeness (QED) is 0.603. The van der Waals surface area contributed by atoms with E-state index in [1.54, 1.807) is 0 Å². The Balaban J connectivity index is 2.58. The molecule has 1 aromatic heterocycles. The molecule has 6 nitrogen and oxygen atoms in total. The van der Waals surface area contributed by atoms with Crippen LogP contribution >= 0.6 is 0 Å². The Hall–Kier alpha value is -1.82. The van der Waals surface area contributed by atoms with Gasteiger partial charge in [0.05, 0.1) is 11.7 Å². The van der Waals surface area contributed by atoms with Crippen LogP contribution in [0, 0.1) is 5.92 Å². The molecule has 0 aliphatic heterocycles. The average molecular weight is 254 g/mol. The second-order valence-electron chi connectivity index (χ2n) is 4.61. The molecule has 0 bridgehead atoms. The molecule has 4 N–H and O–H groups in total. The molecule has 0 aliphatic rings. The fourth-order valence-electron chi connectivity index (χ4n) is 1.60. The zero-order valence-corrected chi connectivity index (χ0v) is 10.4. The smallest absolute Gasteiger partial charge is 0.251 e. The molecule has 0 fully saturated rings. The molecule has 1 unspecified atom stereocenters. The minimum atomic E-state index is -0.621. The van der Waals surface area contributed by atoms with Crippen LogP contribution in [-0.2, 0) is 0 Å². The number of aromatic hydroxyl groups is 1. The molecular formula is C12H18N2O4. The number of rotatable bonds is 5. The Labute approximate surface area is 105 Å². The van der Waals surface area contributed by atoms with Crippen molar-refractivity contribution in [2.75, 3.05) is 6.54 Å². The molecular weight excluding hydrogens is 236 g/mol. The molecule has 100 valence electrons. The van der Waals surface area contributed by atoms with Gasteiger partial charge in [-0.1, -0.05) is 13.8 Å². The maximum Gasteiger partial charge on any atom is 0.251 e. The van der Waals surface area contributed by atoms with Gasteiger partial charge in [-0.2, -0.15) is 0 Å². The highest BCUT2D eigenvalue weighted by Crippen LogP contribution is 2.05. The number of aromatic amines is 1. The number of carbonyl (C=O) groups is 1. The largest absolute Gasteiger partial charge is 0.494 e. The van der Waals surface area contributed by atoms with Crippen molar-refractivity contribution in [3.05, 3.63) is 28.0 Å². The van der Waals surface area contributed by atoms with Crippen LogP contribution in [0.2, 0.25) is 0 Å². The van der Waals surface area contributed by atoms with E-state index >= 15 is 0 Å². The van der Waals surface area contributed by atoms with Crippen molar-refractivity contribution in [1.29, 1.82) is 0 Å². The number of aromatic nitrogens is 1. The minimum absolute atomic E-state index is 0.0630. The molecule has 1 atom stereocenters. The van der Waals surface area contributed by atoms with Gasteiger partial charge in [0.2, 0.25) is 0 Å². The van der Waals surface area contributed by atoms with E-state index in [4.69, 9.17) is 5.11 Å². The third kappa shape index (κ3) is 4.58. The number of carbonyl (C=O) groups excluding carboxylic acids is 1. The molecule has 0 aromatic carbocycles. The molecule has 18 heavy (non-hydrogen) atoms. The minimum Gasteiger partial charge on any atom is -0.494 e. The highest BCUT2D eigenvalue weighted by atomic mass is 16.3. The summed E-state index contributed by atoms with van der Waals surface area (Å²) in [5.41, 5.74) is -0.490. The molecule has 1 rings (SSSR count). The van der Waals surface area contributed by atoms with E-state index in [-0.39, 0.29) is 18.0 Å². The van der Waals surface area contributed by atoms with Crippen molar-refractivity contribution in [2.24, 2.45) is 5.92 Å². The topological polar surface area (TPSA) is 102 Å². The standard InChI is InChI=1S/C12H18N2O4/c1-7(2)3-9(15)6-13-12(18)8-4-10(16)14-11(17)5-8/h4-5,7,9,15H,3,6H2,1-2H3,(H,13,18)(H2,14,16,17). The SMILES string of the molecule is CC(C)CC(O)CNC(=O)c1cc(O)[nH]c(=O)c1.